The Bertz CT molecular complexity index is 707. The van der Waals surface area contributed by atoms with Gasteiger partial charge >= 0.3 is 12.1 Å². The van der Waals surface area contributed by atoms with Crippen molar-refractivity contribution in [2.75, 3.05) is 25.0 Å². The smallest absolute Gasteiger partial charge is 0.410 e. The topological polar surface area (TPSA) is 103 Å². The van der Waals surface area contributed by atoms with Crippen LogP contribution in [0.15, 0.2) is 6.20 Å². The Labute approximate surface area is 159 Å². The lowest BCUT2D eigenvalue weighted by atomic mass is 10.0. The van der Waals surface area contributed by atoms with Crippen molar-refractivity contribution >= 4 is 23.8 Å². The van der Waals surface area contributed by atoms with Crippen LogP contribution in [-0.2, 0) is 21.3 Å². The fourth-order valence-corrected chi connectivity index (χ4v) is 2.88. The maximum atomic E-state index is 12.4. The third-order valence-corrected chi connectivity index (χ3v) is 4.10. The van der Waals surface area contributed by atoms with Crippen LogP contribution in [0.2, 0.25) is 0 Å². The molecule has 0 radical (unpaired) electrons. The molecule has 0 aromatic carbocycles. The molecular weight excluding hydrogens is 352 g/mol. The number of esters is 1. The SMILES string of the molecule is CCOC(=O)c1cnn(C)c1NC(=O)CC1CCN(C(=O)OC(C)(C)C)C1. The predicted octanol–water partition coefficient (Wildman–Crippen LogP) is 2.18. The highest BCUT2D eigenvalue weighted by molar-refractivity contribution is 6.00. The number of hydrogen-bond donors (Lipinski definition) is 1. The van der Waals surface area contributed by atoms with Crippen LogP contribution < -0.4 is 5.32 Å². The molecule has 1 aromatic heterocycles. The molecule has 1 fully saturated rings. The molecule has 1 aliphatic heterocycles. The Morgan fingerprint density at radius 2 is 2.04 bits per heavy atom. The summed E-state index contributed by atoms with van der Waals surface area (Å²) in [7, 11) is 1.64. The second kappa shape index (κ2) is 8.41. The molecule has 9 nitrogen and oxygen atoms in total. The summed E-state index contributed by atoms with van der Waals surface area (Å²) < 4.78 is 11.8. The molecule has 1 N–H and O–H groups in total. The third kappa shape index (κ3) is 5.70. The van der Waals surface area contributed by atoms with Crippen LogP contribution >= 0.6 is 0 Å². The summed E-state index contributed by atoms with van der Waals surface area (Å²) >= 11 is 0. The van der Waals surface area contributed by atoms with Gasteiger partial charge in [-0.2, -0.15) is 5.10 Å². The van der Waals surface area contributed by atoms with Gasteiger partial charge in [-0.05, 0) is 40.0 Å². The van der Waals surface area contributed by atoms with E-state index >= 15 is 0 Å². The number of nitrogens with one attached hydrogen (secondary N) is 1. The number of rotatable bonds is 5. The summed E-state index contributed by atoms with van der Waals surface area (Å²) in [5, 5.41) is 6.74. The van der Waals surface area contributed by atoms with Gasteiger partial charge in [-0.3, -0.25) is 9.48 Å². The molecule has 9 heteroatoms. The second-order valence-corrected chi connectivity index (χ2v) is 7.58. The van der Waals surface area contributed by atoms with Gasteiger partial charge in [0, 0.05) is 26.6 Å². The Morgan fingerprint density at radius 3 is 2.67 bits per heavy atom. The number of anilines is 1. The molecule has 0 saturated carbocycles. The molecule has 2 amide bonds. The van der Waals surface area contributed by atoms with Gasteiger partial charge in [0.05, 0.1) is 12.8 Å². The fourth-order valence-electron chi connectivity index (χ4n) is 2.88. The van der Waals surface area contributed by atoms with Crippen molar-refractivity contribution in [3.05, 3.63) is 11.8 Å². The molecule has 0 aliphatic carbocycles. The van der Waals surface area contributed by atoms with Crippen molar-refractivity contribution < 1.29 is 23.9 Å². The van der Waals surface area contributed by atoms with E-state index in [1.165, 1.54) is 10.9 Å². The summed E-state index contributed by atoms with van der Waals surface area (Å²) in [5.41, 5.74) is -0.329. The van der Waals surface area contributed by atoms with Crippen molar-refractivity contribution in [3.63, 3.8) is 0 Å². The number of aromatic nitrogens is 2. The molecule has 1 aliphatic rings. The molecule has 2 rings (SSSR count). The van der Waals surface area contributed by atoms with E-state index in [4.69, 9.17) is 9.47 Å². The van der Waals surface area contributed by atoms with Gasteiger partial charge < -0.3 is 19.7 Å². The number of hydrogen-bond acceptors (Lipinski definition) is 6. The van der Waals surface area contributed by atoms with Crippen LogP contribution in [0.1, 0.15) is 50.9 Å². The van der Waals surface area contributed by atoms with Crippen molar-refractivity contribution in [1.29, 1.82) is 0 Å². The minimum atomic E-state index is -0.546. The molecule has 0 spiro atoms. The summed E-state index contributed by atoms with van der Waals surface area (Å²) in [6.07, 6.45) is 1.98. The van der Waals surface area contributed by atoms with Gasteiger partial charge in [-0.15, -0.1) is 0 Å². The molecule has 2 heterocycles. The van der Waals surface area contributed by atoms with E-state index in [-0.39, 0.29) is 36.5 Å². The van der Waals surface area contributed by atoms with E-state index in [9.17, 15) is 14.4 Å². The Hall–Kier alpha value is -2.58. The standard InChI is InChI=1S/C18H28N4O5/c1-6-26-16(24)13-10-19-21(5)15(13)20-14(23)9-12-7-8-22(11-12)17(25)27-18(2,3)4/h10,12H,6-9,11H2,1-5H3,(H,20,23). The first-order chi connectivity index (χ1) is 12.6. The summed E-state index contributed by atoms with van der Waals surface area (Å²) in [6.45, 7) is 8.45. The van der Waals surface area contributed by atoms with E-state index in [0.29, 0.717) is 18.9 Å². The molecule has 1 unspecified atom stereocenters. The van der Waals surface area contributed by atoms with Gasteiger partial charge in [-0.25, -0.2) is 9.59 Å². The maximum Gasteiger partial charge on any atom is 0.410 e. The number of carbonyl (C=O) groups excluding carboxylic acids is 3. The third-order valence-electron chi connectivity index (χ3n) is 4.10. The predicted molar refractivity (Wildman–Crippen MR) is 98.3 cm³/mol. The van der Waals surface area contributed by atoms with E-state index in [2.05, 4.69) is 10.4 Å². The fraction of sp³-hybridized carbons (Fsp3) is 0.667. The van der Waals surface area contributed by atoms with Gasteiger partial charge in [0.15, 0.2) is 0 Å². The highest BCUT2D eigenvalue weighted by atomic mass is 16.6. The van der Waals surface area contributed by atoms with Crippen LogP contribution in [0, 0.1) is 5.92 Å². The van der Waals surface area contributed by atoms with Crippen molar-refractivity contribution in [3.8, 4) is 0 Å². The lowest BCUT2D eigenvalue weighted by Crippen LogP contribution is -2.35. The van der Waals surface area contributed by atoms with Gasteiger partial charge in [0.1, 0.15) is 17.0 Å². The first-order valence-corrected chi connectivity index (χ1v) is 9.07. The highest BCUT2D eigenvalue weighted by Crippen LogP contribution is 2.23. The van der Waals surface area contributed by atoms with Crippen molar-refractivity contribution in [2.45, 2.75) is 46.1 Å². The summed E-state index contributed by atoms with van der Waals surface area (Å²) in [4.78, 5) is 38.1. The van der Waals surface area contributed by atoms with E-state index in [1.807, 2.05) is 20.8 Å². The minimum Gasteiger partial charge on any atom is -0.462 e. The Kier molecular flexibility index (Phi) is 6.45. The first kappa shape index (κ1) is 20.7. The van der Waals surface area contributed by atoms with E-state index in [1.54, 1.807) is 18.9 Å². The normalized spacial score (nSPS) is 16.9. The second-order valence-electron chi connectivity index (χ2n) is 7.58. The van der Waals surface area contributed by atoms with Gasteiger partial charge in [0.2, 0.25) is 5.91 Å². The molecule has 0 bridgehead atoms. The monoisotopic (exact) mass is 380 g/mol. The van der Waals surface area contributed by atoms with Crippen molar-refractivity contribution in [1.82, 2.24) is 14.7 Å². The number of ether oxygens (including phenoxy) is 2. The molecule has 150 valence electrons. The van der Waals surface area contributed by atoms with E-state index < -0.39 is 11.6 Å². The maximum absolute atomic E-state index is 12.4. The largest absolute Gasteiger partial charge is 0.462 e. The lowest BCUT2D eigenvalue weighted by molar-refractivity contribution is -0.117. The number of likely N-dealkylation sites (tertiary alicyclic amines) is 1. The van der Waals surface area contributed by atoms with Crippen LogP contribution in [0.25, 0.3) is 0 Å². The first-order valence-electron chi connectivity index (χ1n) is 9.07. The van der Waals surface area contributed by atoms with E-state index in [0.717, 1.165) is 6.42 Å². The molecular formula is C18H28N4O5. The zero-order valence-corrected chi connectivity index (χ0v) is 16.6. The number of aryl methyl sites for hydroxylation is 1. The molecule has 1 aromatic rings. The Balaban J connectivity index is 1.91. The zero-order chi connectivity index (χ0) is 20.2. The van der Waals surface area contributed by atoms with Gasteiger partial charge in [0.25, 0.3) is 0 Å². The van der Waals surface area contributed by atoms with Gasteiger partial charge in [-0.1, -0.05) is 0 Å². The minimum absolute atomic E-state index is 0.0387. The van der Waals surface area contributed by atoms with Crippen LogP contribution in [0.3, 0.4) is 0 Å². The average molecular weight is 380 g/mol. The van der Waals surface area contributed by atoms with Crippen LogP contribution in [-0.4, -0.2) is 57.9 Å². The van der Waals surface area contributed by atoms with Crippen LogP contribution in [0.4, 0.5) is 10.6 Å². The number of carbonyl (C=O) groups is 3. The summed E-state index contributed by atoms with van der Waals surface area (Å²) in [5.74, 6) is -0.421. The number of amides is 2. The van der Waals surface area contributed by atoms with Crippen molar-refractivity contribution in [2.24, 2.45) is 13.0 Å². The molecule has 1 saturated heterocycles. The van der Waals surface area contributed by atoms with Crippen LogP contribution in [0.5, 0.6) is 0 Å². The Morgan fingerprint density at radius 1 is 1.33 bits per heavy atom. The quantitative estimate of drug-likeness (QED) is 0.786. The summed E-state index contributed by atoms with van der Waals surface area (Å²) in [6, 6.07) is 0. The average Bonchev–Trinajstić information content (AvgIpc) is 3.14. The highest BCUT2D eigenvalue weighted by Gasteiger charge is 2.31. The zero-order valence-electron chi connectivity index (χ0n) is 16.6. The molecule has 1 atom stereocenters. The lowest BCUT2D eigenvalue weighted by Gasteiger charge is -2.24. The molecule has 27 heavy (non-hydrogen) atoms. The number of nitrogens with zero attached hydrogens (tertiary/aromatic N) is 3.